The summed E-state index contributed by atoms with van der Waals surface area (Å²) in [6.45, 7) is 2.31. The Morgan fingerprint density at radius 2 is 1.83 bits per heavy atom. The van der Waals surface area contributed by atoms with Gasteiger partial charge in [-0.3, -0.25) is 4.79 Å². The number of likely N-dealkylation sites (tertiary alicyclic amines) is 1. The Hall–Kier alpha value is -1.38. The van der Waals surface area contributed by atoms with Gasteiger partial charge in [0.1, 0.15) is 6.26 Å². The highest BCUT2D eigenvalue weighted by atomic mass is 32.2. The number of nitrogens with zero attached hydrogens (tertiary/aromatic N) is 2. The molecule has 3 rings (SSSR count). The van der Waals surface area contributed by atoms with Crippen LogP contribution in [0.25, 0.3) is 0 Å². The molecule has 0 spiro atoms. The Balaban J connectivity index is 1.52. The maximum atomic E-state index is 12.4. The van der Waals surface area contributed by atoms with Gasteiger partial charge >= 0.3 is 0 Å². The van der Waals surface area contributed by atoms with E-state index in [4.69, 9.17) is 4.42 Å². The second-order valence-electron chi connectivity index (χ2n) is 6.16. The van der Waals surface area contributed by atoms with E-state index in [0.717, 1.165) is 19.3 Å². The lowest BCUT2D eigenvalue weighted by Gasteiger charge is -2.34. The zero-order chi connectivity index (χ0) is 16.3. The first-order valence-electron chi connectivity index (χ1n) is 8.15. The minimum atomic E-state index is -3.40. The average molecular weight is 341 g/mol. The summed E-state index contributed by atoms with van der Waals surface area (Å²) in [7, 11) is -3.40. The molecule has 7 nitrogen and oxygen atoms in total. The molecule has 0 saturated carbocycles. The number of carbonyl (C=O) groups is 1. The van der Waals surface area contributed by atoms with E-state index in [0.29, 0.717) is 44.6 Å². The van der Waals surface area contributed by atoms with E-state index >= 15 is 0 Å². The van der Waals surface area contributed by atoms with Gasteiger partial charge in [0.15, 0.2) is 0 Å². The molecule has 8 heteroatoms. The summed E-state index contributed by atoms with van der Waals surface area (Å²) in [5.41, 5.74) is 0.539. The average Bonchev–Trinajstić information content (AvgIpc) is 3.10. The van der Waals surface area contributed by atoms with Gasteiger partial charge in [-0.1, -0.05) is 6.42 Å². The van der Waals surface area contributed by atoms with Gasteiger partial charge in [0.2, 0.25) is 0 Å². The molecular formula is C15H23N3O4S. The number of piperidine rings is 2. The van der Waals surface area contributed by atoms with E-state index in [1.54, 1.807) is 15.3 Å². The summed E-state index contributed by atoms with van der Waals surface area (Å²) >= 11 is 0. The molecule has 2 aliphatic rings. The van der Waals surface area contributed by atoms with Crippen LogP contribution in [0.4, 0.5) is 0 Å². The predicted molar refractivity (Wildman–Crippen MR) is 85.1 cm³/mol. The van der Waals surface area contributed by atoms with Crippen molar-refractivity contribution in [2.75, 3.05) is 26.2 Å². The largest absolute Gasteiger partial charge is 0.472 e. The van der Waals surface area contributed by atoms with E-state index in [1.165, 1.54) is 12.5 Å². The quantitative estimate of drug-likeness (QED) is 0.892. The molecular weight excluding hydrogens is 318 g/mol. The Morgan fingerprint density at radius 1 is 1.13 bits per heavy atom. The molecule has 1 aromatic rings. The second kappa shape index (κ2) is 7.02. The Morgan fingerprint density at radius 3 is 2.43 bits per heavy atom. The number of hydrogen-bond donors (Lipinski definition) is 1. The van der Waals surface area contributed by atoms with Crippen molar-refractivity contribution in [3.8, 4) is 0 Å². The van der Waals surface area contributed by atoms with Crippen LogP contribution in [-0.2, 0) is 10.2 Å². The standard InChI is InChI=1S/C15H23N3O4S/c19-15(13-6-11-22-12-13)17-9-4-14(5-10-17)16-23(20,21)18-7-2-1-3-8-18/h6,11-12,14,16H,1-5,7-10H2. The molecule has 3 heterocycles. The summed E-state index contributed by atoms with van der Waals surface area (Å²) in [4.78, 5) is 14.0. The molecule has 1 N–H and O–H groups in total. The van der Waals surface area contributed by atoms with E-state index in [-0.39, 0.29) is 11.9 Å². The lowest BCUT2D eigenvalue weighted by molar-refractivity contribution is 0.0710. The maximum Gasteiger partial charge on any atom is 0.279 e. The Labute approximate surface area is 136 Å². The Bertz CT molecular complexity index is 615. The summed E-state index contributed by atoms with van der Waals surface area (Å²) in [6, 6.07) is 1.54. The molecule has 0 aromatic carbocycles. The third-order valence-electron chi connectivity index (χ3n) is 4.52. The summed E-state index contributed by atoms with van der Waals surface area (Å²) in [5, 5.41) is 0. The normalized spacial score (nSPS) is 21.5. The van der Waals surface area contributed by atoms with Gasteiger partial charge in [0, 0.05) is 32.2 Å². The first kappa shape index (κ1) is 16.5. The lowest BCUT2D eigenvalue weighted by atomic mass is 10.1. The van der Waals surface area contributed by atoms with Gasteiger partial charge in [-0.2, -0.15) is 17.4 Å². The zero-order valence-electron chi connectivity index (χ0n) is 13.1. The Kier molecular flexibility index (Phi) is 5.03. The van der Waals surface area contributed by atoms with Crippen molar-refractivity contribution in [1.29, 1.82) is 0 Å². The van der Waals surface area contributed by atoms with Gasteiger partial charge in [0.25, 0.3) is 16.1 Å². The number of nitrogens with one attached hydrogen (secondary N) is 1. The summed E-state index contributed by atoms with van der Waals surface area (Å²) < 4.78 is 34.0. The third kappa shape index (κ3) is 3.94. The van der Waals surface area contributed by atoms with Gasteiger partial charge < -0.3 is 9.32 Å². The van der Waals surface area contributed by atoms with Crippen LogP contribution in [-0.4, -0.2) is 55.8 Å². The topological polar surface area (TPSA) is 82.9 Å². The lowest BCUT2D eigenvalue weighted by Crippen LogP contribution is -2.51. The molecule has 0 radical (unpaired) electrons. The van der Waals surface area contributed by atoms with E-state index in [9.17, 15) is 13.2 Å². The zero-order valence-corrected chi connectivity index (χ0v) is 13.9. The van der Waals surface area contributed by atoms with Crippen molar-refractivity contribution in [2.45, 2.75) is 38.1 Å². The van der Waals surface area contributed by atoms with Gasteiger partial charge in [-0.25, -0.2) is 0 Å². The monoisotopic (exact) mass is 341 g/mol. The van der Waals surface area contributed by atoms with Crippen LogP contribution in [0, 0.1) is 0 Å². The first-order chi connectivity index (χ1) is 11.1. The van der Waals surface area contributed by atoms with Crippen LogP contribution in [0.1, 0.15) is 42.5 Å². The molecule has 0 bridgehead atoms. The number of rotatable bonds is 4. The fourth-order valence-corrected chi connectivity index (χ4v) is 4.70. The second-order valence-corrected chi connectivity index (χ2v) is 7.86. The number of furan rings is 1. The number of carbonyl (C=O) groups excluding carboxylic acids is 1. The predicted octanol–water partition coefficient (Wildman–Crippen LogP) is 1.20. The fraction of sp³-hybridized carbons (Fsp3) is 0.667. The van der Waals surface area contributed by atoms with Crippen LogP contribution in [0.3, 0.4) is 0 Å². The number of amides is 1. The third-order valence-corrected chi connectivity index (χ3v) is 6.20. The minimum absolute atomic E-state index is 0.0592. The fourth-order valence-electron chi connectivity index (χ4n) is 3.16. The number of hydrogen-bond acceptors (Lipinski definition) is 4. The van der Waals surface area contributed by atoms with E-state index in [2.05, 4.69) is 4.72 Å². The molecule has 2 saturated heterocycles. The van der Waals surface area contributed by atoms with Crippen LogP contribution in [0.5, 0.6) is 0 Å². The van der Waals surface area contributed by atoms with Crippen LogP contribution < -0.4 is 4.72 Å². The highest BCUT2D eigenvalue weighted by Crippen LogP contribution is 2.17. The minimum Gasteiger partial charge on any atom is -0.472 e. The van der Waals surface area contributed by atoms with E-state index < -0.39 is 10.2 Å². The molecule has 0 aliphatic carbocycles. The molecule has 128 valence electrons. The van der Waals surface area contributed by atoms with Crippen molar-refractivity contribution in [3.05, 3.63) is 24.2 Å². The molecule has 23 heavy (non-hydrogen) atoms. The smallest absolute Gasteiger partial charge is 0.279 e. The molecule has 1 aromatic heterocycles. The van der Waals surface area contributed by atoms with Crippen molar-refractivity contribution >= 4 is 16.1 Å². The highest BCUT2D eigenvalue weighted by molar-refractivity contribution is 7.87. The van der Waals surface area contributed by atoms with Crippen molar-refractivity contribution in [3.63, 3.8) is 0 Å². The molecule has 0 unspecified atom stereocenters. The maximum absolute atomic E-state index is 12.4. The SMILES string of the molecule is O=C(c1ccoc1)N1CCC(NS(=O)(=O)N2CCCCC2)CC1. The van der Waals surface area contributed by atoms with Crippen LogP contribution in [0.2, 0.25) is 0 Å². The summed E-state index contributed by atoms with van der Waals surface area (Å²) in [5.74, 6) is -0.0592. The van der Waals surface area contributed by atoms with Crippen LogP contribution in [0.15, 0.2) is 23.0 Å². The molecule has 2 fully saturated rings. The van der Waals surface area contributed by atoms with Gasteiger partial charge in [-0.15, -0.1) is 0 Å². The van der Waals surface area contributed by atoms with Gasteiger partial charge in [-0.05, 0) is 31.7 Å². The molecule has 0 atom stereocenters. The molecule has 2 aliphatic heterocycles. The highest BCUT2D eigenvalue weighted by Gasteiger charge is 2.30. The van der Waals surface area contributed by atoms with Crippen molar-refractivity contribution in [1.82, 2.24) is 13.9 Å². The summed E-state index contributed by atoms with van der Waals surface area (Å²) in [6.07, 6.45) is 7.14. The molecule has 1 amide bonds. The van der Waals surface area contributed by atoms with E-state index in [1.807, 2.05) is 0 Å². The van der Waals surface area contributed by atoms with Crippen molar-refractivity contribution in [2.24, 2.45) is 0 Å². The van der Waals surface area contributed by atoms with Crippen molar-refractivity contribution < 1.29 is 17.6 Å². The van der Waals surface area contributed by atoms with Crippen LogP contribution >= 0.6 is 0 Å². The van der Waals surface area contributed by atoms with Gasteiger partial charge in [0.05, 0.1) is 11.8 Å². The first-order valence-corrected chi connectivity index (χ1v) is 9.59.